The molecule has 30 valence electrons. The van der Waals surface area contributed by atoms with E-state index in [0.717, 1.165) is 0 Å². The summed E-state index contributed by atoms with van der Waals surface area (Å²) in [7, 11) is 0. The molecule has 0 aliphatic carbocycles. The van der Waals surface area contributed by atoms with Crippen molar-refractivity contribution in [2.75, 3.05) is 0 Å². The summed E-state index contributed by atoms with van der Waals surface area (Å²) < 4.78 is 0. The maximum absolute atomic E-state index is 0. The van der Waals surface area contributed by atoms with Gasteiger partial charge in [0.05, 0.1) is 0 Å². The van der Waals surface area contributed by atoms with Crippen molar-refractivity contribution in [3.8, 4) is 0 Å². The maximum atomic E-state index is 0. The molecule has 0 bridgehead atoms. The van der Waals surface area contributed by atoms with Gasteiger partial charge in [-0.3, -0.25) is 0 Å². The Kier molecular flexibility index (Phi) is 174. The summed E-state index contributed by atoms with van der Waals surface area (Å²) in [4.78, 5) is 0. The molecule has 2 radical (unpaired) electrons. The fraction of sp³-hybridized carbons (Fsp3) is 0. The summed E-state index contributed by atoms with van der Waals surface area (Å²) in [5.41, 5.74) is 0. The van der Waals surface area contributed by atoms with E-state index in [0.29, 0.717) is 0 Å². The van der Waals surface area contributed by atoms with Gasteiger partial charge in [-0.15, -0.1) is 0 Å². The molecule has 0 unspecified atom stereocenters. The first-order chi connectivity index (χ1) is 0. The zero-order chi connectivity index (χ0) is 0. The molecule has 0 amide bonds. The first kappa shape index (κ1) is 35.9. The second-order valence-electron chi connectivity index (χ2n) is 0. The zero-order valence-electron chi connectivity index (χ0n) is 0.983. The van der Waals surface area contributed by atoms with Crippen molar-refractivity contribution in [1.82, 2.24) is 0 Å². The molecule has 0 N–H and O–H groups in total. The first-order valence-electron chi connectivity index (χ1n) is 0. The third-order valence-electron chi connectivity index (χ3n) is 0. The molecule has 0 saturated heterocycles. The Morgan fingerprint density at radius 2 is 0.750 bits per heavy atom. The Morgan fingerprint density at radius 3 is 0.750 bits per heavy atom. The van der Waals surface area contributed by atoms with Gasteiger partial charge in [0.2, 0.25) is 0 Å². The van der Waals surface area contributed by atoms with E-state index in [2.05, 4.69) is 0 Å². The van der Waals surface area contributed by atoms with Gasteiger partial charge in [0.25, 0.3) is 0 Å². The monoisotopic (exact) mass is 184 g/mol. The molecule has 0 saturated carbocycles. The quantitative estimate of drug-likeness (QED) is 0.439. The largest absolute Gasteiger partial charge is 0 e. The van der Waals surface area contributed by atoms with Crippen LogP contribution < -0.4 is 0 Å². The standard InChI is InChI=1S/2Co.Li.Ni.H. The second-order valence-corrected chi connectivity index (χ2v) is 0. The summed E-state index contributed by atoms with van der Waals surface area (Å²) in [6.45, 7) is 0. The van der Waals surface area contributed by atoms with Crippen molar-refractivity contribution in [1.29, 1.82) is 0 Å². The molecule has 4 heavy (non-hydrogen) atoms. The molecule has 0 nitrogen and oxygen atoms in total. The summed E-state index contributed by atoms with van der Waals surface area (Å²) >= 11 is 0. The third-order valence-corrected chi connectivity index (χ3v) is 0. The normalized spacial score (nSPS) is 0. The van der Waals surface area contributed by atoms with Crippen LogP contribution in [0.15, 0.2) is 0 Å². The van der Waals surface area contributed by atoms with Gasteiger partial charge in [0, 0.05) is 50.0 Å². The van der Waals surface area contributed by atoms with Crippen molar-refractivity contribution >= 4 is 18.9 Å². The van der Waals surface area contributed by atoms with Crippen LogP contribution in [0.2, 0.25) is 0 Å². The molecule has 4 heteroatoms. The Labute approximate surface area is 68.4 Å². The van der Waals surface area contributed by atoms with Crippen molar-refractivity contribution in [2.24, 2.45) is 0 Å². The molecule has 0 aromatic rings. The van der Waals surface area contributed by atoms with E-state index < -0.39 is 0 Å². The second kappa shape index (κ2) is 19.4. The van der Waals surface area contributed by atoms with E-state index >= 15 is 0 Å². The topological polar surface area (TPSA) is 0 Å². The van der Waals surface area contributed by atoms with Crippen LogP contribution in [-0.4, -0.2) is 18.9 Å². The van der Waals surface area contributed by atoms with Crippen LogP contribution in [0.1, 0.15) is 0 Å². The molecule has 0 aromatic heterocycles. The molecule has 0 aromatic carbocycles. The first-order valence-corrected chi connectivity index (χ1v) is 0. The van der Waals surface area contributed by atoms with E-state index in [4.69, 9.17) is 0 Å². The average molecular weight is 185 g/mol. The van der Waals surface area contributed by atoms with Crippen LogP contribution in [0.4, 0.5) is 0 Å². The smallest absolute Gasteiger partial charge is 0 e. The van der Waals surface area contributed by atoms with E-state index in [1.807, 2.05) is 0 Å². The van der Waals surface area contributed by atoms with Crippen LogP contribution in [-0.2, 0) is 50.0 Å². The average Bonchev–Trinajstić information content (AvgIpc) is 0. The number of hydrogen-bond acceptors (Lipinski definition) is 0. The van der Waals surface area contributed by atoms with Crippen molar-refractivity contribution in [2.45, 2.75) is 0 Å². The zero-order valence-corrected chi connectivity index (χ0v) is 4.05. The van der Waals surface area contributed by atoms with Crippen LogP contribution in [0.5, 0.6) is 0 Å². The van der Waals surface area contributed by atoms with E-state index in [9.17, 15) is 0 Å². The Morgan fingerprint density at radius 1 is 0.750 bits per heavy atom. The van der Waals surface area contributed by atoms with E-state index in [-0.39, 0.29) is 68.9 Å². The van der Waals surface area contributed by atoms with Gasteiger partial charge >= 0.3 is 18.9 Å². The predicted octanol–water partition coefficient (Wildman–Crippen LogP) is -0.656. The Hall–Kier alpha value is 2.10. The SMILES string of the molecule is [Co].[Co].[LiH].[Ni]. The van der Waals surface area contributed by atoms with Gasteiger partial charge in [-0.1, -0.05) is 0 Å². The van der Waals surface area contributed by atoms with Crippen LogP contribution in [0, 0.1) is 0 Å². The summed E-state index contributed by atoms with van der Waals surface area (Å²) in [5.74, 6) is 0. The summed E-state index contributed by atoms with van der Waals surface area (Å²) in [6.07, 6.45) is 0. The number of hydrogen-bond donors (Lipinski definition) is 0. The van der Waals surface area contributed by atoms with Gasteiger partial charge in [-0.25, -0.2) is 0 Å². The van der Waals surface area contributed by atoms with Gasteiger partial charge in [-0.2, -0.15) is 0 Å². The molecule has 0 aliphatic heterocycles. The van der Waals surface area contributed by atoms with Crippen LogP contribution in [0.3, 0.4) is 0 Å². The van der Waals surface area contributed by atoms with E-state index in [1.165, 1.54) is 0 Å². The van der Waals surface area contributed by atoms with Crippen molar-refractivity contribution < 1.29 is 50.0 Å². The van der Waals surface area contributed by atoms with Gasteiger partial charge < -0.3 is 0 Å². The van der Waals surface area contributed by atoms with Gasteiger partial charge in [-0.05, 0) is 0 Å². The van der Waals surface area contributed by atoms with E-state index in [1.54, 1.807) is 0 Å². The maximum Gasteiger partial charge on any atom is 0 e. The molecule has 0 rings (SSSR count). The molecular formula is HCo2LiNi. The molecule has 0 fully saturated rings. The molecule has 0 aliphatic rings. The summed E-state index contributed by atoms with van der Waals surface area (Å²) in [5, 5.41) is 0. The van der Waals surface area contributed by atoms with Crippen molar-refractivity contribution in [3.05, 3.63) is 0 Å². The minimum atomic E-state index is 0. The third kappa shape index (κ3) is 8.93. The fourth-order valence-electron chi connectivity index (χ4n) is 0. The Bertz CT molecular complexity index is 6.00. The minimum absolute atomic E-state index is 0. The molecule has 0 atom stereocenters. The molecular weight excluding hydrogens is 184 g/mol. The fourth-order valence-corrected chi connectivity index (χ4v) is 0. The van der Waals surface area contributed by atoms with Crippen LogP contribution >= 0.6 is 0 Å². The molecule has 0 spiro atoms. The van der Waals surface area contributed by atoms with Gasteiger partial charge in [0.1, 0.15) is 0 Å². The predicted molar refractivity (Wildman–Crippen MR) is 7.15 cm³/mol. The summed E-state index contributed by atoms with van der Waals surface area (Å²) in [6, 6.07) is 0. The van der Waals surface area contributed by atoms with Gasteiger partial charge in [0.15, 0.2) is 0 Å². The van der Waals surface area contributed by atoms with Crippen LogP contribution in [0.25, 0.3) is 0 Å². The minimum Gasteiger partial charge on any atom is 0 e. The Balaban J connectivity index is 0. The number of rotatable bonds is 0. The molecule has 0 heterocycles. The van der Waals surface area contributed by atoms with Crippen molar-refractivity contribution in [3.63, 3.8) is 0 Å².